The van der Waals surface area contributed by atoms with Crippen LogP contribution in [0.4, 0.5) is 4.39 Å². The van der Waals surface area contributed by atoms with Crippen molar-refractivity contribution < 1.29 is 18.7 Å². The van der Waals surface area contributed by atoms with Gasteiger partial charge in [0.05, 0.1) is 12.7 Å². The fourth-order valence-corrected chi connectivity index (χ4v) is 2.58. The van der Waals surface area contributed by atoms with E-state index in [0.717, 1.165) is 12.8 Å². The molecule has 1 amide bonds. The van der Waals surface area contributed by atoms with Crippen LogP contribution in [0.2, 0.25) is 0 Å². The molecule has 2 aliphatic rings. The third-order valence-electron chi connectivity index (χ3n) is 3.99. The first kappa shape index (κ1) is 13.1. The van der Waals surface area contributed by atoms with Crippen molar-refractivity contribution in [3.8, 4) is 0 Å². The van der Waals surface area contributed by atoms with Gasteiger partial charge < -0.3 is 9.64 Å². The molecule has 1 aliphatic carbocycles. The van der Waals surface area contributed by atoms with E-state index in [4.69, 9.17) is 0 Å². The number of carbonyl (C=O) groups is 2. The number of ether oxygens (including phenoxy) is 1. The molecule has 0 N–H and O–H groups in total. The highest BCUT2D eigenvalue weighted by molar-refractivity contribution is 5.90. The monoisotopic (exact) mass is 277 g/mol. The van der Waals surface area contributed by atoms with E-state index in [1.165, 1.54) is 13.2 Å². The Morgan fingerprint density at radius 2 is 2.00 bits per heavy atom. The van der Waals surface area contributed by atoms with Crippen molar-refractivity contribution in [3.63, 3.8) is 0 Å². The van der Waals surface area contributed by atoms with Crippen molar-refractivity contribution in [1.29, 1.82) is 0 Å². The van der Waals surface area contributed by atoms with Gasteiger partial charge in [0.1, 0.15) is 5.82 Å². The number of hydrogen-bond donors (Lipinski definition) is 0. The average Bonchev–Trinajstić information content (AvgIpc) is 3.22. The number of carbonyl (C=O) groups excluding carboxylic acids is 2. The number of rotatable bonds is 3. The summed E-state index contributed by atoms with van der Waals surface area (Å²) in [6, 6.07) is 4.73. The number of halogens is 1. The summed E-state index contributed by atoms with van der Waals surface area (Å²) in [5.41, 5.74) is 0.449. The van der Waals surface area contributed by atoms with Crippen LogP contribution < -0.4 is 0 Å². The first-order chi connectivity index (χ1) is 9.61. The van der Waals surface area contributed by atoms with Crippen LogP contribution in [0, 0.1) is 11.7 Å². The molecule has 20 heavy (non-hydrogen) atoms. The lowest BCUT2D eigenvalue weighted by molar-refractivity contribution is -0.137. The number of nitrogens with zero attached hydrogens (tertiary/aromatic N) is 1. The van der Waals surface area contributed by atoms with Gasteiger partial charge in [-0.15, -0.1) is 0 Å². The van der Waals surface area contributed by atoms with Crippen molar-refractivity contribution in [1.82, 2.24) is 4.90 Å². The minimum atomic E-state index is -0.672. The minimum absolute atomic E-state index is 0.0256. The third-order valence-corrected chi connectivity index (χ3v) is 3.99. The van der Waals surface area contributed by atoms with Crippen molar-refractivity contribution in [2.45, 2.75) is 18.8 Å². The molecule has 1 heterocycles. The molecule has 0 spiro atoms. The summed E-state index contributed by atoms with van der Waals surface area (Å²) in [6.07, 6.45) is 1.96. The van der Waals surface area contributed by atoms with Gasteiger partial charge in [-0.05, 0) is 24.5 Å². The first-order valence-electron chi connectivity index (χ1n) is 6.77. The van der Waals surface area contributed by atoms with Crippen LogP contribution in [0.25, 0.3) is 0 Å². The van der Waals surface area contributed by atoms with Gasteiger partial charge in [0.25, 0.3) is 0 Å². The topological polar surface area (TPSA) is 46.6 Å². The molecule has 1 saturated carbocycles. The summed E-state index contributed by atoms with van der Waals surface area (Å²) in [5.74, 6) is -0.840. The zero-order chi connectivity index (χ0) is 14.3. The van der Waals surface area contributed by atoms with Crippen LogP contribution in [0.1, 0.15) is 34.7 Å². The van der Waals surface area contributed by atoms with Gasteiger partial charge in [-0.2, -0.15) is 0 Å². The number of methoxy groups -OCH3 is 1. The van der Waals surface area contributed by atoms with Gasteiger partial charge in [0, 0.05) is 24.9 Å². The van der Waals surface area contributed by atoms with Crippen LogP contribution >= 0.6 is 0 Å². The Hall–Kier alpha value is -1.91. The molecule has 0 unspecified atom stereocenters. The highest BCUT2D eigenvalue weighted by Gasteiger charge is 2.40. The normalized spacial score (nSPS) is 18.6. The van der Waals surface area contributed by atoms with E-state index in [9.17, 15) is 14.0 Å². The molecule has 0 aromatic heterocycles. The molecule has 2 fully saturated rings. The standard InChI is InChI=1S/C15H16FNO3/c1-20-15(19)12-4-2-3-11(13(12)16)10-7-17(8-10)14(18)9-5-6-9/h2-4,9-10H,5-8H2,1H3. The van der Waals surface area contributed by atoms with Crippen molar-refractivity contribution >= 4 is 11.9 Å². The highest BCUT2D eigenvalue weighted by atomic mass is 19.1. The Morgan fingerprint density at radius 1 is 1.30 bits per heavy atom. The Kier molecular flexibility index (Phi) is 3.20. The van der Waals surface area contributed by atoms with Crippen LogP contribution in [0.3, 0.4) is 0 Å². The Labute approximate surface area is 116 Å². The molecule has 0 atom stereocenters. The molecule has 3 rings (SSSR count). The van der Waals surface area contributed by atoms with Crippen LogP contribution in [0.15, 0.2) is 18.2 Å². The van der Waals surface area contributed by atoms with Crippen molar-refractivity contribution in [2.24, 2.45) is 5.92 Å². The molecular formula is C15H16FNO3. The molecule has 1 aliphatic heterocycles. The predicted octanol–water partition coefficient (Wildman–Crippen LogP) is 1.95. The molecule has 106 valence electrons. The fourth-order valence-electron chi connectivity index (χ4n) is 2.58. The molecule has 1 aromatic rings. The van der Waals surface area contributed by atoms with Crippen molar-refractivity contribution in [3.05, 3.63) is 35.1 Å². The van der Waals surface area contributed by atoms with Crippen molar-refractivity contribution in [2.75, 3.05) is 20.2 Å². The summed E-state index contributed by atoms with van der Waals surface area (Å²) in [6.45, 7) is 1.08. The maximum atomic E-state index is 14.3. The van der Waals surface area contributed by atoms with Gasteiger partial charge >= 0.3 is 5.97 Å². The Balaban J connectivity index is 1.72. The lowest BCUT2D eigenvalue weighted by Gasteiger charge is -2.40. The van der Waals surface area contributed by atoms with Gasteiger partial charge in [0.2, 0.25) is 5.91 Å². The van der Waals surface area contributed by atoms with E-state index in [1.807, 2.05) is 0 Å². The summed E-state index contributed by atoms with van der Waals surface area (Å²) >= 11 is 0. The molecule has 0 radical (unpaired) electrons. The maximum absolute atomic E-state index is 14.3. The summed E-state index contributed by atoms with van der Waals surface area (Å²) in [5, 5.41) is 0. The van der Waals surface area contributed by atoms with E-state index in [1.54, 1.807) is 17.0 Å². The van der Waals surface area contributed by atoms with Crippen LogP contribution in [0.5, 0.6) is 0 Å². The van der Waals surface area contributed by atoms with Gasteiger partial charge in [0.15, 0.2) is 0 Å². The number of esters is 1. The van der Waals surface area contributed by atoms with E-state index < -0.39 is 11.8 Å². The largest absolute Gasteiger partial charge is 0.465 e. The van der Waals surface area contributed by atoms with E-state index in [0.29, 0.717) is 18.7 Å². The van der Waals surface area contributed by atoms with Crippen LogP contribution in [-0.4, -0.2) is 37.0 Å². The quantitative estimate of drug-likeness (QED) is 0.793. The van der Waals surface area contributed by atoms with Crippen LogP contribution in [-0.2, 0) is 9.53 Å². The number of likely N-dealkylation sites (tertiary alicyclic amines) is 1. The van der Waals surface area contributed by atoms with Gasteiger partial charge in [-0.3, -0.25) is 4.79 Å². The van der Waals surface area contributed by atoms with E-state index >= 15 is 0 Å². The maximum Gasteiger partial charge on any atom is 0.340 e. The minimum Gasteiger partial charge on any atom is -0.465 e. The second-order valence-electron chi connectivity index (χ2n) is 5.41. The number of hydrogen-bond acceptors (Lipinski definition) is 3. The van der Waals surface area contributed by atoms with E-state index in [-0.39, 0.29) is 23.3 Å². The number of amides is 1. The second-order valence-corrected chi connectivity index (χ2v) is 5.41. The van der Waals surface area contributed by atoms with Gasteiger partial charge in [-0.25, -0.2) is 9.18 Å². The Bertz CT molecular complexity index is 562. The SMILES string of the molecule is COC(=O)c1cccc(C2CN(C(=O)C3CC3)C2)c1F. The molecule has 5 heteroatoms. The zero-order valence-electron chi connectivity index (χ0n) is 11.3. The molecule has 1 saturated heterocycles. The molecular weight excluding hydrogens is 261 g/mol. The molecule has 0 bridgehead atoms. The summed E-state index contributed by atoms with van der Waals surface area (Å²) in [4.78, 5) is 25.1. The summed E-state index contributed by atoms with van der Waals surface area (Å²) < 4.78 is 18.8. The molecule has 1 aromatic carbocycles. The number of benzene rings is 1. The summed E-state index contributed by atoms with van der Waals surface area (Å²) in [7, 11) is 1.23. The second kappa shape index (κ2) is 4.89. The lowest BCUT2D eigenvalue weighted by Crippen LogP contribution is -2.49. The fraction of sp³-hybridized carbons (Fsp3) is 0.467. The average molecular weight is 277 g/mol. The van der Waals surface area contributed by atoms with E-state index in [2.05, 4.69) is 4.74 Å². The zero-order valence-corrected chi connectivity index (χ0v) is 11.3. The first-order valence-corrected chi connectivity index (χ1v) is 6.77. The molecule has 4 nitrogen and oxygen atoms in total. The third kappa shape index (κ3) is 2.17. The lowest BCUT2D eigenvalue weighted by atomic mass is 9.89. The van der Waals surface area contributed by atoms with Gasteiger partial charge in [-0.1, -0.05) is 12.1 Å². The predicted molar refractivity (Wildman–Crippen MR) is 69.8 cm³/mol. The highest BCUT2D eigenvalue weighted by Crippen LogP contribution is 2.36. The Morgan fingerprint density at radius 3 is 2.60 bits per heavy atom. The smallest absolute Gasteiger partial charge is 0.340 e.